The van der Waals surface area contributed by atoms with E-state index >= 15 is 0 Å². The smallest absolute Gasteiger partial charge is 0.226 e. The molecule has 1 spiro atoms. The molecule has 5 nitrogen and oxygen atoms in total. The molecule has 1 aromatic rings. The fourth-order valence-electron chi connectivity index (χ4n) is 5.67. The molecular weight excluding hydrogens is 330 g/mol. The van der Waals surface area contributed by atoms with Crippen LogP contribution >= 0.6 is 0 Å². The lowest BCUT2D eigenvalue weighted by Gasteiger charge is -2.38. The Morgan fingerprint density at radius 2 is 1.92 bits per heavy atom. The lowest BCUT2D eigenvalue weighted by molar-refractivity contribution is -0.146. The summed E-state index contributed by atoms with van der Waals surface area (Å²) in [6.07, 6.45) is 2.42. The zero-order chi connectivity index (χ0) is 18.1. The van der Waals surface area contributed by atoms with Crippen molar-refractivity contribution in [1.82, 2.24) is 4.90 Å². The van der Waals surface area contributed by atoms with Gasteiger partial charge in [-0.15, -0.1) is 0 Å². The Labute approximate surface area is 153 Å². The molecule has 1 saturated heterocycles. The molecule has 138 valence electrons. The highest BCUT2D eigenvalue weighted by Crippen LogP contribution is 2.66. The summed E-state index contributed by atoms with van der Waals surface area (Å²) in [5.41, 5.74) is 0.209. The van der Waals surface area contributed by atoms with Gasteiger partial charge in [-0.2, -0.15) is 0 Å². The number of benzene rings is 1. The SMILES string of the molecule is C[C@@H]1CN(C(=O)[C@@H]2[C@H]3CC[C@@]4(CC(=O)c5ccccc5O4)[C@@H]32)C[C@H](C)O1. The minimum atomic E-state index is -0.472. The molecule has 2 heterocycles. The monoisotopic (exact) mass is 355 g/mol. The third kappa shape index (κ3) is 2.33. The van der Waals surface area contributed by atoms with Gasteiger partial charge in [0.2, 0.25) is 5.91 Å². The maximum absolute atomic E-state index is 13.1. The van der Waals surface area contributed by atoms with Crippen LogP contribution in [0.25, 0.3) is 0 Å². The molecule has 2 aliphatic heterocycles. The molecule has 0 bridgehead atoms. The summed E-state index contributed by atoms with van der Waals surface area (Å²) in [6.45, 7) is 5.36. The summed E-state index contributed by atoms with van der Waals surface area (Å²) in [7, 11) is 0. The Balaban J connectivity index is 1.37. The average molecular weight is 355 g/mol. The van der Waals surface area contributed by atoms with E-state index in [9.17, 15) is 9.59 Å². The predicted molar refractivity (Wildman–Crippen MR) is 95.0 cm³/mol. The Kier molecular flexibility index (Phi) is 3.48. The molecule has 1 amide bonds. The summed E-state index contributed by atoms with van der Waals surface area (Å²) in [5.74, 6) is 1.64. The highest BCUT2D eigenvalue weighted by molar-refractivity contribution is 6.00. The Bertz CT molecular complexity index is 767. The van der Waals surface area contributed by atoms with Crippen LogP contribution in [0.1, 0.15) is 43.5 Å². The van der Waals surface area contributed by atoms with E-state index in [4.69, 9.17) is 9.47 Å². The molecule has 0 unspecified atom stereocenters. The van der Waals surface area contributed by atoms with Gasteiger partial charge in [-0.05, 0) is 44.7 Å². The minimum absolute atomic E-state index is 0.0133. The molecule has 0 N–H and O–H groups in total. The Morgan fingerprint density at radius 1 is 1.19 bits per heavy atom. The van der Waals surface area contributed by atoms with E-state index < -0.39 is 5.60 Å². The zero-order valence-electron chi connectivity index (χ0n) is 15.3. The molecule has 0 radical (unpaired) electrons. The fraction of sp³-hybridized carbons (Fsp3) is 0.619. The van der Waals surface area contributed by atoms with Gasteiger partial charge < -0.3 is 14.4 Å². The molecule has 4 aliphatic rings. The van der Waals surface area contributed by atoms with E-state index in [1.54, 1.807) is 0 Å². The van der Waals surface area contributed by atoms with Crippen LogP contribution in [0.5, 0.6) is 5.75 Å². The fourth-order valence-corrected chi connectivity index (χ4v) is 5.67. The van der Waals surface area contributed by atoms with E-state index in [1.807, 2.05) is 43.0 Å². The lowest BCUT2D eigenvalue weighted by atomic mass is 9.84. The molecule has 2 saturated carbocycles. The number of carbonyl (C=O) groups excluding carboxylic acids is 2. The van der Waals surface area contributed by atoms with Crippen molar-refractivity contribution in [2.45, 2.75) is 50.9 Å². The topological polar surface area (TPSA) is 55.8 Å². The second-order valence-corrected chi connectivity index (χ2v) is 8.52. The molecule has 26 heavy (non-hydrogen) atoms. The number of hydrogen-bond donors (Lipinski definition) is 0. The van der Waals surface area contributed by atoms with Crippen LogP contribution in [0, 0.1) is 17.8 Å². The number of amides is 1. The van der Waals surface area contributed by atoms with E-state index in [1.165, 1.54) is 0 Å². The lowest BCUT2D eigenvalue weighted by Crippen LogP contribution is -2.50. The van der Waals surface area contributed by atoms with Gasteiger partial charge in [0.1, 0.15) is 11.4 Å². The molecular formula is C21H25NO4. The van der Waals surface area contributed by atoms with Crippen LogP contribution in [0.3, 0.4) is 0 Å². The van der Waals surface area contributed by atoms with Crippen LogP contribution < -0.4 is 4.74 Å². The molecule has 5 heteroatoms. The van der Waals surface area contributed by atoms with Crippen molar-refractivity contribution in [3.63, 3.8) is 0 Å². The summed E-state index contributed by atoms with van der Waals surface area (Å²) in [5, 5.41) is 0. The first-order valence-electron chi connectivity index (χ1n) is 9.74. The predicted octanol–water partition coefficient (Wildman–Crippen LogP) is 2.68. The van der Waals surface area contributed by atoms with Crippen LogP contribution in [-0.2, 0) is 9.53 Å². The van der Waals surface area contributed by atoms with Gasteiger partial charge in [0.15, 0.2) is 5.78 Å². The molecule has 3 fully saturated rings. The second-order valence-electron chi connectivity index (χ2n) is 8.52. The highest BCUT2D eigenvalue weighted by Gasteiger charge is 2.71. The number of morpholine rings is 1. The number of para-hydroxylation sites is 1. The number of ether oxygens (including phenoxy) is 2. The Morgan fingerprint density at radius 3 is 2.69 bits per heavy atom. The maximum Gasteiger partial charge on any atom is 0.226 e. The number of carbonyl (C=O) groups is 2. The van der Waals surface area contributed by atoms with E-state index in [0.29, 0.717) is 36.7 Å². The van der Waals surface area contributed by atoms with Crippen molar-refractivity contribution in [3.05, 3.63) is 29.8 Å². The van der Waals surface area contributed by atoms with E-state index in [-0.39, 0.29) is 35.7 Å². The van der Waals surface area contributed by atoms with Crippen LogP contribution in [0.2, 0.25) is 0 Å². The normalized spacial score (nSPS) is 40.8. The molecule has 2 aliphatic carbocycles. The largest absolute Gasteiger partial charge is 0.486 e. The van der Waals surface area contributed by atoms with Gasteiger partial charge in [-0.1, -0.05) is 12.1 Å². The van der Waals surface area contributed by atoms with E-state index in [0.717, 1.165) is 12.8 Å². The van der Waals surface area contributed by atoms with Gasteiger partial charge >= 0.3 is 0 Å². The van der Waals surface area contributed by atoms with Crippen molar-refractivity contribution >= 4 is 11.7 Å². The highest BCUT2D eigenvalue weighted by atomic mass is 16.5. The van der Waals surface area contributed by atoms with Crippen LogP contribution in [0.4, 0.5) is 0 Å². The van der Waals surface area contributed by atoms with Gasteiger partial charge in [-0.3, -0.25) is 9.59 Å². The Hall–Kier alpha value is -1.88. The van der Waals surface area contributed by atoms with Gasteiger partial charge in [0.25, 0.3) is 0 Å². The van der Waals surface area contributed by atoms with Crippen LogP contribution in [0.15, 0.2) is 24.3 Å². The third-order valence-corrected chi connectivity index (χ3v) is 6.65. The average Bonchev–Trinajstić information content (AvgIpc) is 3.24. The van der Waals surface area contributed by atoms with E-state index in [2.05, 4.69) is 0 Å². The summed E-state index contributed by atoms with van der Waals surface area (Å²) < 4.78 is 12.2. The molecule has 5 rings (SSSR count). The van der Waals surface area contributed by atoms with Crippen molar-refractivity contribution in [2.75, 3.05) is 13.1 Å². The number of Topliss-reactive ketones (excluding diaryl/α,β-unsaturated/α-hetero) is 1. The number of hydrogen-bond acceptors (Lipinski definition) is 4. The van der Waals surface area contributed by atoms with Gasteiger partial charge in [0, 0.05) is 24.9 Å². The first-order chi connectivity index (χ1) is 12.5. The van der Waals surface area contributed by atoms with Crippen molar-refractivity contribution < 1.29 is 19.1 Å². The summed E-state index contributed by atoms with van der Waals surface area (Å²) in [4.78, 5) is 27.8. The summed E-state index contributed by atoms with van der Waals surface area (Å²) in [6, 6.07) is 7.50. The number of fused-ring (bicyclic) bond motifs is 3. The van der Waals surface area contributed by atoms with Crippen molar-refractivity contribution in [3.8, 4) is 5.75 Å². The zero-order valence-corrected chi connectivity index (χ0v) is 15.3. The van der Waals surface area contributed by atoms with Gasteiger partial charge in [0.05, 0.1) is 24.2 Å². The minimum Gasteiger partial charge on any atom is -0.486 e. The number of nitrogens with zero attached hydrogens (tertiary/aromatic N) is 1. The number of rotatable bonds is 1. The first kappa shape index (κ1) is 16.3. The van der Waals surface area contributed by atoms with Crippen molar-refractivity contribution in [1.29, 1.82) is 0 Å². The standard InChI is InChI=1S/C21H25NO4/c1-12-10-22(11-13(2)25-12)20(24)18-15-7-8-21(19(15)18)9-16(23)14-5-3-4-6-17(14)26-21/h3-6,12-13,15,18-19H,7-11H2,1-2H3/t12-,13+,15-,18-,19+,21-/m1/s1. The van der Waals surface area contributed by atoms with Crippen LogP contribution in [-0.4, -0.2) is 47.5 Å². The second kappa shape index (κ2) is 5.56. The maximum atomic E-state index is 13.1. The quantitative estimate of drug-likeness (QED) is 0.777. The molecule has 6 atom stereocenters. The summed E-state index contributed by atoms with van der Waals surface area (Å²) >= 11 is 0. The number of ketones is 1. The first-order valence-corrected chi connectivity index (χ1v) is 9.74. The van der Waals surface area contributed by atoms with Gasteiger partial charge in [-0.25, -0.2) is 0 Å². The molecule has 0 aromatic heterocycles. The third-order valence-electron chi connectivity index (χ3n) is 6.65. The molecule has 1 aromatic carbocycles. The van der Waals surface area contributed by atoms with Crippen molar-refractivity contribution in [2.24, 2.45) is 17.8 Å².